The Morgan fingerprint density at radius 3 is 2.46 bits per heavy atom. The largest absolute Gasteiger partial charge is 0.507 e. The van der Waals surface area contributed by atoms with Gasteiger partial charge in [0.25, 0.3) is 0 Å². The molecule has 0 unspecified atom stereocenters. The van der Waals surface area contributed by atoms with E-state index in [9.17, 15) is 28.6 Å². The SMILES string of the molecule is COC(=O)c1cc(F)cc(COC(=O)c2c(O)cccc2F)c1O. The molecular weight excluding hydrogens is 326 g/mol. The van der Waals surface area contributed by atoms with Gasteiger partial charge in [-0.2, -0.15) is 0 Å². The number of halogens is 2. The van der Waals surface area contributed by atoms with Crippen LogP contribution in [0.15, 0.2) is 30.3 Å². The molecule has 0 saturated heterocycles. The van der Waals surface area contributed by atoms with Crippen LogP contribution in [0, 0.1) is 11.6 Å². The molecular formula is C16H12F2O6. The van der Waals surface area contributed by atoms with Crippen molar-refractivity contribution < 1.29 is 38.1 Å². The van der Waals surface area contributed by atoms with Crippen LogP contribution in [0.3, 0.4) is 0 Å². The number of ether oxygens (including phenoxy) is 2. The molecule has 0 aliphatic carbocycles. The van der Waals surface area contributed by atoms with Gasteiger partial charge >= 0.3 is 11.9 Å². The molecule has 24 heavy (non-hydrogen) atoms. The summed E-state index contributed by atoms with van der Waals surface area (Å²) in [5.74, 6) is -5.32. The fourth-order valence-corrected chi connectivity index (χ4v) is 1.96. The van der Waals surface area contributed by atoms with Gasteiger partial charge in [0.15, 0.2) is 0 Å². The van der Waals surface area contributed by atoms with Crippen LogP contribution in [0.5, 0.6) is 11.5 Å². The molecule has 0 amide bonds. The van der Waals surface area contributed by atoms with E-state index in [-0.39, 0.29) is 5.56 Å². The number of benzene rings is 2. The number of hydrogen-bond donors (Lipinski definition) is 2. The zero-order valence-electron chi connectivity index (χ0n) is 12.4. The molecule has 0 aliphatic heterocycles. The molecule has 0 spiro atoms. The Bertz CT molecular complexity index is 783. The van der Waals surface area contributed by atoms with Crippen LogP contribution in [0.1, 0.15) is 26.3 Å². The van der Waals surface area contributed by atoms with E-state index < -0.39 is 52.8 Å². The number of carbonyl (C=O) groups is 2. The van der Waals surface area contributed by atoms with Crippen molar-refractivity contribution in [3.05, 3.63) is 58.7 Å². The summed E-state index contributed by atoms with van der Waals surface area (Å²) in [6, 6.07) is 4.84. The van der Waals surface area contributed by atoms with Crippen LogP contribution in [-0.4, -0.2) is 29.3 Å². The Balaban J connectivity index is 2.25. The Labute approximate surface area is 134 Å². The minimum atomic E-state index is -1.21. The fourth-order valence-electron chi connectivity index (χ4n) is 1.96. The van der Waals surface area contributed by atoms with E-state index in [1.54, 1.807) is 0 Å². The van der Waals surface area contributed by atoms with Crippen molar-refractivity contribution in [3.63, 3.8) is 0 Å². The van der Waals surface area contributed by atoms with Gasteiger partial charge in [-0.3, -0.25) is 0 Å². The minimum Gasteiger partial charge on any atom is -0.507 e. The lowest BCUT2D eigenvalue weighted by Crippen LogP contribution is -2.09. The summed E-state index contributed by atoms with van der Waals surface area (Å²) in [5.41, 5.74) is -1.36. The van der Waals surface area contributed by atoms with Gasteiger partial charge in [-0.05, 0) is 24.3 Å². The van der Waals surface area contributed by atoms with E-state index >= 15 is 0 Å². The van der Waals surface area contributed by atoms with Crippen molar-refractivity contribution in [2.45, 2.75) is 6.61 Å². The Hall–Kier alpha value is -3.16. The van der Waals surface area contributed by atoms with Crippen molar-refractivity contribution in [1.29, 1.82) is 0 Å². The third-order valence-corrected chi connectivity index (χ3v) is 3.11. The van der Waals surface area contributed by atoms with Crippen molar-refractivity contribution in [2.75, 3.05) is 7.11 Å². The number of phenols is 2. The smallest absolute Gasteiger partial charge is 0.345 e. The summed E-state index contributed by atoms with van der Waals surface area (Å²) >= 11 is 0. The summed E-state index contributed by atoms with van der Waals surface area (Å²) in [6.45, 7) is -0.653. The van der Waals surface area contributed by atoms with Crippen LogP contribution >= 0.6 is 0 Å². The zero-order chi connectivity index (χ0) is 17.9. The third kappa shape index (κ3) is 3.43. The van der Waals surface area contributed by atoms with Crippen molar-refractivity contribution in [2.24, 2.45) is 0 Å². The third-order valence-electron chi connectivity index (χ3n) is 3.11. The molecule has 2 N–H and O–H groups in total. The van der Waals surface area contributed by atoms with Gasteiger partial charge in [0.1, 0.15) is 40.9 Å². The first-order valence-electron chi connectivity index (χ1n) is 6.59. The molecule has 2 aromatic carbocycles. The maximum absolute atomic E-state index is 13.6. The predicted molar refractivity (Wildman–Crippen MR) is 76.6 cm³/mol. The summed E-state index contributed by atoms with van der Waals surface area (Å²) in [5, 5.41) is 19.4. The Morgan fingerprint density at radius 1 is 1.12 bits per heavy atom. The molecule has 0 bridgehead atoms. The maximum atomic E-state index is 13.6. The van der Waals surface area contributed by atoms with Gasteiger partial charge < -0.3 is 19.7 Å². The molecule has 6 nitrogen and oxygen atoms in total. The number of methoxy groups -OCH3 is 1. The molecule has 8 heteroatoms. The highest BCUT2D eigenvalue weighted by molar-refractivity contribution is 5.93. The molecule has 0 atom stereocenters. The van der Waals surface area contributed by atoms with Crippen molar-refractivity contribution in [1.82, 2.24) is 0 Å². The van der Waals surface area contributed by atoms with Gasteiger partial charge in [-0.1, -0.05) is 6.07 Å². The van der Waals surface area contributed by atoms with Gasteiger partial charge in [0.05, 0.1) is 7.11 Å². The topological polar surface area (TPSA) is 93.1 Å². The first-order chi connectivity index (χ1) is 11.3. The molecule has 0 aromatic heterocycles. The van der Waals surface area contributed by atoms with E-state index in [1.165, 1.54) is 6.07 Å². The van der Waals surface area contributed by atoms with Crippen LogP contribution in [0.25, 0.3) is 0 Å². The van der Waals surface area contributed by atoms with Crippen LogP contribution in [0.2, 0.25) is 0 Å². The van der Waals surface area contributed by atoms with Gasteiger partial charge in [0.2, 0.25) is 0 Å². The van der Waals surface area contributed by atoms with Crippen LogP contribution in [-0.2, 0) is 16.1 Å². The van der Waals surface area contributed by atoms with Crippen molar-refractivity contribution >= 4 is 11.9 Å². The van der Waals surface area contributed by atoms with E-state index in [0.717, 1.165) is 31.4 Å². The molecule has 0 fully saturated rings. The molecule has 126 valence electrons. The average Bonchev–Trinajstić information content (AvgIpc) is 2.54. The summed E-state index contributed by atoms with van der Waals surface area (Å²) in [7, 11) is 1.05. The highest BCUT2D eigenvalue weighted by Gasteiger charge is 2.21. The van der Waals surface area contributed by atoms with Crippen molar-refractivity contribution in [3.8, 4) is 11.5 Å². The lowest BCUT2D eigenvalue weighted by atomic mass is 10.1. The monoisotopic (exact) mass is 338 g/mol. The first kappa shape index (κ1) is 17.2. The van der Waals surface area contributed by atoms with E-state index in [4.69, 9.17) is 4.74 Å². The molecule has 2 rings (SSSR count). The quantitative estimate of drug-likeness (QED) is 0.832. The van der Waals surface area contributed by atoms with Gasteiger partial charge in [-0.15, -0.1) is 0 Å². The average molecular weight is 338 g/mol. The molecule has 0 aliphatic rings. The number of aromatic hydroxyl groups is 2. The zero-order valence-corrected chi connectivity index (χ0v) is 12.4. The molecule has 2 aromatic rings. The van der Waals surface area contributed by atoms with Crippen LogP contribution < -0.4 is 0 Å². The highest BCUT2D eigenvalue weighted by atomic mass is 19.1. The number of carbonyl (C=O) groups excluding carboxylic acids is 2. The summed E-state index contributed by atoms with van der Waals surface area (Å²) in [4.78, 5) is 23.3. The second-order valence-corrected chi connectivity index (χ2v) is 4.66. The standard InChI is InChI=1S/C16H12F2O6/c1-23-15(21)10-6-9(17)5-8(14(10)20)7-24-16(22)13-11(18)3-2-4-12(13)19/h2-6,19-20H,7H2,1H3. The van der Waals surface area contributed by atoms with E-state index in [1.807, 2.05) is 0 Å². The second kappa shape index (κ2) is 6.95. The number of rotatable bonds is 4. The second-order valence-electron chi connectivity index (χ2n) is 4.66. The maximum Gasteiger partial charge on any atom is 0.345 e. The first-order valence-corrected chi connectivity index (χ1v) is 6.59. The lowest BCUT2D eigenvalue weighted by Gasteiger charge is -2.11. The summed E-state index contributed by atoms with van der Waals surface area (Å²) in [6.07, 6.45) is 0. The number of esters is 2. The Morgan fingerprint density at radius 2 is 1.83 bits per heavy atom. The van der Waals surface area contributed by atoms with Gasteiger partial charge in [-0.25, -0.2) is 18.4 Å². The Kier molecular flexibility index (Phi) is 4.98. The van der Waals surface area contributed by atoms with E-state index in [0.29, 0.717) is 0 Å². The molecule has 0 saturated carbocycles. The van der Waals surface area contributed by atoms with E-state index in [2.05, 4.69) is 4.74 Å². The van der Waals surface area contributed by atoms with Gasteiger partial charge in [0, 0.05) is 5.56 Å². The summed E-state index contributed by atoms with van der Waals surface area (Å²) < 4.78 is 36.2. The fraction of sp³-hybridized carbons (Fsp3) is 0.125. The molecule has 0 heterocycles. The lowest BCUT2D eigenvalue weighted by molar-refractivity contribution is 0.0461. The number of phenolic OH excluding ortho intramolecular Hbond substituents is 2. The normalized spacial score (nSPS) is 10.3. The van der Waals surface area contributed by atoms with Crippen LogP contribution in [0.4, 0.5) is 8.78 Å². The number of hydrogen-bond acceptors (Lipinski definition) is 6. The highest BCUT2D eigenvalue weighted by Crippen LogP contribution is 2.27. The minimum absolute atomic E-state index is 0.223. The predicted octanol–water partition coefficient (Wildman–Crippen LogP) is 2.52. The molecule has 0 radical (unpaired) electrons.